The fraction of sp³-hybridized carbons (Fsp3) is 0.216. The molecule has 0 spiro atoms. The average Bonchev–Trinajstić information content (AvgIpc) is 3.50. The molecule has 238 valence electrons. The Morgan fingerprint density at radius 2 is 1.53 bits per heavy atom. The molecule has 47 heavy (non-hydrogen) atoms. The molecule has 0 radical (unpaired) electrons. The highest BCUT2D eigenvalue weighted by atomic mass is 28.4. The van der Waals surface area contributed by atoms with Gasteiger partial charge in [-0.05, 0) is 76.0 Å². The number of imidazole rings is 1. The number of benzene rings is 4. The Kier molecular flexibility index (Phi) is 7.85. The second kappa shape index (κ2) is 12.0. The average molecular weight is 647 g/mol. The van der Waals surface area contributed by atoms with Gasteiger partial charge in [0.25, 0.3) is 8.32 Å². The minimum Gasteiger partial charge on any atom is -0.424 e. The number of nitrogens with two attached hydrogens (primary N) is 1. The molecule has 2 atom stereocenters. The van der Waals surface area contributed by atoms with Crippen LogP contribution in [0.25, 0.3) is 17.0 Å². The zero-order valence-electron chi connectivity index (χ0n) is 26.2. The van der Waals surface area contributed by atoms with E-state index < -0.39 is 13.4 Å². The molecule has 0 amide bonds. The first kappa shape index (κ1) is 30.7. The zero-order chi connectivity index (χ0) is 32.8. The largest absolute Gasteiger partial charge is 0.424 e. The van der Waals surface area contributed by atoms with Gasteiger partial charge in [-0.15, -0.1) is 0 Å². The molecule has 7 nitrogen and oxygen atoms in total. The van der Waals surface area contributed by atoms with Crippen molar-refractivity contribution in [2.45, 2.75) is 50.1 Å². The van der Waals surface area contributed by atoms with Crippen molar-refractivity contribution in [1.82, 2.24) is 19.5 Å². The van der Waals surface area contributed by atoms with Crippen LogP contribution in [-0.4, -0.2) is 32.6 Å². The lowest BCUT2D eigenvalue weighted by molar-refractivity contribution is 0.398. The molecule has 0 unspecified atom stereocenters. The van der Waals surface area contributed by atoms with Crippen LogP contribution in [0.3, 0.4) is 0 Å². The lowest BCUT2D eigenvalue weighted by Gasteiger charge is -2.44. The predicted molar refractivity (Wildman–Crippen MR) is 185 cm³/mol. The van der Waals surface area contributed by atoms with Crippen molar-refractivity contribution < 1.29 is 13.6 Å². The summed E-state index contributed by atoms with van der Waals surface area (Å²) in [5.74, 6) is 0.0759. The lowest BCUT2D eigenvalue weighted by Crippen LogP contribution is -2.65. The van der Waals surface area contributed by atoms with Crippen molar-refractivity contribution in [1.29, 1.82) is 0 Å². The van der Waals surface area contributed by atoms with Gasteiger partial charge in [0.2, 0.25) is 5.95 Å². The van der Waals surface area contributed by atoms with E-state index in [1.807, 2.05) is 66.7 Å². The Labute approximate surface area is 273 Å². The highest BCUT2D eigenvalue weighted by Crippen LogP contribution is 2.50. The maximum atomic E-state index is 14.9. The van der Waals surface area contributed by atoms with Crippen molar-refractivity contribution >= 4 is 41.2 Å². The van der Waals surface area contributed by atoms with Gasteiger partial charge < -0.3 is 15.8 Å². The quantitative estimate of drug-likeness (QED) is 0.161. The number of halogens is 2. The van der Waals surface area contributed by atoms with Gasteiger partial charge in [-0.25, -0.2) is 18.7 Å². The number of nitrogens with one attached hydrogen (secondary N) is 1. The van der Waals surface area contributed by atoms with Crippen molar-refractivity contribution in [3.05, 3.63) is 132 Å². The maximum Gasteiger partial charge on any atom is 0.258 e. The monoisotopic (exact) mass is 646 g/mol. The molecule has 0 aliphatic heterocycles. The summed E-state index contributed by atoms with van der Waals surface area (Å²) in [4.78, 5) is 26.2. The summed E-state index contributed by atoms with van der Waals surface area (Å²) in [6.07, 6.45) is 5.29. The maximum absolute atomic E-state index is 14.9. The van der Waals surface area contributed by atoms with Gasteiger partial charge in [0.1, 0.15) is 18.0 Å². The molecular formula is C37H36F2N6OSi. The van der Waals surface area contributed by atoms with Gasteiger partial charge >= 0.3 is 0 Å². The van der Waals surface area contributed by atoms with Gasteiger partial charge in [-0.3, -0.25) is 4.57 Å². The van der Waals surface area contributed by atoms with Crippen LogP contribution < -0.4 is 21.4 Å². The van der Waals surface area contributed by atoms with E-state index in [-0.39, 0.29) is 29.5 Å². The fourth-order valence-electron chi connectivity index (χ4n) is 7.25. The number of hydrogen-bond donors (Lipinski definition) is 3. The molecule has 0 saturated carbocycles. The Morgan fingerprint density at radius 3 is 2.23 bits per heavy atom. The normalized spacial score (nSPS) is 16.6. The Balaban J connectivity index is 1.21. The lowest BCUT2D eigenvalue weighted by atomic mass is 9.76. The number of fused-ring (bicyclic) bond motifs is 2. The molecule has 7 rings (SSSR count). The summed E-state index contributed by atoms with van der Waals surface area (Å²) in [6, 6.07) is 29.1. The topological polar surface area (TPSA) is 102 Å². The Bertz CT molecular complexity index is 2010. The summed E-state index contributed by atoms with van der Waals surface area (Å²) in [5.41, 5.74) is 9.72. The molecule has 2 aromatic heterocycles. The third-order valence-electron chi connectivity index (χ3n) is 9.63. The van der Waals surface area contributed by atoms with Gasteiger partial charge in [-0.2, -0.15) is 4.98 Å². The minimum absolute atomic E-state index is 0.0932. The van der Waals surface area contributed by atoms with E-state index in [2.05, 4.69) is 29.1 Å². The number of hydrogen-bond acceptors (Lipinski definition) is 6. The first-order chi connectivity index (χ1) is 22.6. The number of anilines is 2. The Morgan fingerprint density at radius 1 is 0.872 bits per heavy atom. The number of nitrogen functional groups attached to an aromatic ring is 1. The van der Waals surface area contributed by atoms with Crippen molar-refractivity contribution in [2.24, 2.45) is 0 Å². The molecule has 6 aromatic rings. The molecule has 10 heteroatoms. The molecule has 4 N–H and O–H groups in total. The van der Waals surface area contributed by atoms with Gasteiger partial charge in [0.15, 0.2) is 5.82 Å². The van der Waals surface area contributed by atoms with E-state index >= 15 is 0 Å². The van der Waals surface area contributed by atoms with Gasteiger partial charge in [0, 0.05) is 6.07 Å². The van der Waals surface area contributed by atoms with Crippen LogP contribution in [0.5, 0.6) is 0 Å². The summed E-state index contributed by atoms with van der Waals surface area (Å²) in [6.45, 7) is 4.34. The van der Waals surface area contributed by atoms with Crippen LogP contribution in [0, 0.1) is 11.6 Å². The van der Waals surface area contributed by atoms with E-state index in [4.69, 9.17) is 10.7 Å². The molecular weight excluding hydrogens is 611 g/mol. The highest BCUT2D eigenvalue weighted by Gasteiger charge is 2.51. The van der Waals surface area contributed by atoms with Gasteiger partial charge in [0.05, 0.1) is 29.0 Å². The molecule has 0 saturated heterocycles. The molecule has 2 heterocycles. The zero-order valence-corrected chi connectivity index (χ0v) is 27.2. The van der Waals surface area contributed by atoms with E-state index in [9.17, 15) is 13.6 Å². The van der Waals surface area contributed by atoms with E-state index in [1.54, 1.807) is 23.0 Å². The van der Waals surface area contributed by atoms with Crippen LogP contribution in [0.1, 0.15) is 56.2 Å². The first-order valence-electron chi connectivity index (χ1n) is 15.8. The highest BCUT2D eigenvalue weighted by molar-refractivity contribution is 6.98. The SMILES string of the molecule is CC(C)(C[C@@H]1CC[C@@H](Nc2nc(-n3cnc4ccc(F)cc43)ncc2N)c2cc(F)ccc21)[Si](O)(c1ccccc1)c1ccccc1. The van der Waals surface area contributed by atoms with Crippen LogP contribution in [-0.2, 0) is 0 Å². The fourth-order valence-corrected chi connectivity index (χ4v) is 11.0. The number of aromatic nitrogens is 4. The van der Waals surface area contributed by atoms with Crippen molar-refractivity contribution in [3.8, 4) is 5.95 Å². The van der Waals surface area contributed by atoms with Crippen molar-refractivity contribution in [3.63, 3.8) is 0 Å². The van der Waals surface area contributed by atoms with Gasteiger partial charge in [-0.1, -0.05) is 80.6 Å². The molecule has 1 aliphatic rings. The third-order valence-corrected chi connectivity index (χ3v) is 14.1. The van der Waals surface area contributed by atoms with E-state index in [0.29, 0.717) is 29.0 Å². The number of rotatable bonds is 8. The molecule has 0 bridgehead atoms. The van der Waals surface area contributed by atoms with Crippen molar-refractivity contribution in [2.75, 3.05) is 11.1 Å². The first-order valence-corrected chi connectivity index (χ1v) is 17.7. The standard InChI is InChI=1S/C37H36F2N6OSi/c1-37(2,47(46,27-9-5-3-6-10-27)28-11-7-4-8-12-28)21-24-13-17-32(30-19-25(38)14-16-29(24)30)43-35-31(40)22-41-36(44-35)45-23-42-33-18-15-26(39)20-34(33)45/h3-12,14-16,18-20,22-24,32,46H,13,17,21,40H2,1-2H3,(H,41,43,44)/t24-,32+/m0/s1. The number of nitrogens with zero attached hydrogens (tertiary/aromatic N) is 4. The third kappa shape index (κ3) is 5.57. The summed E-state index contributed by atoms with van der Waals surface area (Å²) in [7, 11) is -3.24. The predicted octanol–water partition coefficient (Wildman–Crippen LogP) is 6.63. The Hall–Kier alpha value is -4.93. The summed E-state index contributed by atoms with van der Waals surface area (Å²) in [5, 5.41) is 4.94. The summed E-state index contributed by atoms with van der Waals surface area (Å²) < 4.78 is 30.5. The van der Waals surface area contributed by atoms with Crippen LogP contribution in [0.15, 0.2) is 110 Å². The molecule has 0 fully saturated rings. The molecule has 4 aromatic carbocycles. The second-order valence-electron chi connectivity index (χ2n) is 13.0. The van der Waals surface area contributed by atoms with E-state index in [1.165, 1.54) is 24.4 Å². The van der Waals surface area contributed by atoms with Crippen LogP contribution >= 0.6 is 0 Å². The molecule has 1 aliphatic carbocycles. The van der Waals surface area contributed by atoms with Crippen LogP contribution in [0.2, 0.25) is 5.04 Å². The van der Waals surface area contributed by atoms with E-state index in [0.717, 1.165) is 34.3 Å². The minimum atomic E-state index is -3.24. The smallest absolute Gasteiger partial charge is 0.258 e. The van der Waals surface area contributed by atoms with Crippen LogP contribution in [0.4, 0.5) is 20.3 Å². The summed E-state index contributed by atoms with van der Waals surface area (Å²) >= 11 is 0. The second-order valence-corrected chi connectivity index (χ2v) is 16.9.